The van der Waals surface area contributed by atoms with Crippen LogP contribution in [0.15, 0.2) is 6.07 Å². The van der Waals surface area contributed by atoms with Crippen LogP contribution in [0.25, 0.3) is 0 Å². The summed E-state index contributed by atoms with van der Waals surface area (Å²) in [5.74, 6) is -1.32. The van der Waals surface area contributed by atoms with Crippen molar-refractivity contribution in [1.29, 1.82) is 5.26 Å². The number of likely N-dealkylation sites (N-methyl/N-ethyl adjacent to an activating group) is 1. The van der Waals surface area contributed by atoms with Crippen molar-refractivity contribution in [3.63, 3.8) is 0 Å². The first kappa shape index (κ1) is 35.1. The molecule has 2 aromatic carbocycles. The third kappa shape index (κ3) is 5.34. The zero-order chi connectivity index (χ0) is 33.5. The number of ether oxygens (including phenoxy) is 3. The molecular weight excluding hydrogens is 855 g/mol. The van der Waals surface area contributed by atoms with Gasteiger partial charge in [0.1, 0.15) is 30.2 Å². The van der Waals surface area contributed by atoms with Crippen LogP contribution in [0.3, 0.4) is 0 Å². The topological polar surface area (TPSA) is 182 Å². The van der Waals surface area contributed by atoms with Crippen LogP contribution >= 0.6 is 11.8 Å². The Labute approximate surface area is 317 Å². The molecule has 251 valence electrons. The smallest absolute Gasteiger partial charge is 0.329 e. The van der Waals surface area contributed by atoms with Crippen molar-refractivity contribution in [1.82, 2.24) is 15.1 Å². The second-order valence-electron chi connectivity index (χ2n) is 12.9. The van der Waals surface area contributed by atoms with Gasteiger partial charge in [-0.25, -0.2) is 4.79 Å². The summed E-state index contributed by atoms with van der Waals surface area (Å²) < 4.78 is 17.7. The number of carboxylic acids is 1. The predicted molar refractivity (Wildman–Crippen MR) is 167 cm³/mol. The van der Waals surface area contributed by atoms with Crippen LogP contribution in [0.5, 0.6) is 23.0 Å². The van der Waals surface area contributed by atoms with Gasteiger partial charge in [0, 0.05) is 90.6 Å². The normalized spacial score (nSPS) is 28.6. The first-order chi connectivity index (χ1) is 22.4. The fraction of sp³-hybridized carbons (Fsp3) is 0.515. The molecule has 0 aromatic heterocycles. The van der Waals surface area contributed by atoms with E-state index in [1.807, 2.05) is 20.9 Å². The van der Waals surface area contributed by atoms with Gasteiger partial charge in [-0.1, -0.05) is 6.07 Å². The summed E-state index contributed by atoms with van der Waals surface area (Å²) in [5.41, 5.74) is 5.14. The van der Waals surface area contributed by atoms with Crippen molar-refractivity contribution in [2.45, 2.75) is 81.5 Å². The standard InChI is InChI=1S/C33H36N4O9S.Ac/c1-13-7-16-8-18-19(9-34)37-20-10-44-33(43)17(35-21(38)5-6-22(39)40)11-47-32(27(37)26(36(18)4)23(16)28(41)14(13)2)25-24(20)31-30(45-12-46-31)15(3)29(25)42;/h7,17-20,26-27,32,41-42H,5-6,8,10-12H2,1-4H3,(H,35,38)(H,39,40);/t17-,18-,19-,20+,26+,27?,32+;/m0./s1. The Bertz CT molecular complexity index is 1770. The summed E-state index contributed by atoms with van der Waals surface area (Å²) in [4.78, 5) is 41.5. The summed E-state index contributed by atoms with van der Waals surface area (Å²) in [6.07, 6.45) is -0.162. The Morgan fingerprint density at radius 3 is 2.48 bits per heavy atom. The van der Waals surface area contributed by atoms with Crippen LogP contribution in [0.1, 0.15) is 69.1 Å². The Morgan fingerprint density at radius 2 is 1.77 bits per heavy atom. The van der Waals surface area contributed by atoms with E-state index in [9.17, 15) is 29.9 Å². The largest absolute Gasteiger partial charge is 0.507 e. The van der Waals surface area contributed by atoms with Gasteiger partial charge in [-0.3, -0.25) is 19.4 Å². The molecule has 7 atom stereocenters. The third-order valence-corrected chi connectivity index (χ3v) is 11.9. The second kappa shape index (κ2) is 13.2. The minimum absolute atomic E-state index is 0. The van der Waals surface area contributed by atoms with Gasteiger partial charge >= 0.3 is 11.9 Å². The number of benzene rings is 2. The molecule has 4 N–H and O–H groups in total. The molecule has 5 aliphatic heterocycles. The monoisotopic (exact) mass is 891 g/mol. The third-order valence-electron chi connectivity index (χ3n) is 10.5. The first-order valence-electron chi connectivity index (χ1n) is 15.6. The quantitative estimate of drug-likeness (QED) is 0.330. The van der Waals surface area contributed by atoms with Gasteiger partial charge in [-0.2, -0.15) is 5.26 Å². The molecule has 7 rings (SSSR count). The molecule has 0 aliphatic carbocycles. The average Bonchev–Trinajstić information content (AvgIpc) is 3.53. The Balaban J connectivity index is 0.00000401. The van der Waals surface area contributed by atoms with E-state index < -0.39 is 53.3 Å². The molecule has 1 radical (unpaired) electrons. The van der Waals surface area contributed by atoms with Gasteiger partial charge in [0.2, 0.25) is 12.7 Å². The fourth-order valence-corrected chi connectivity index (χ4v) is 9.67. The van der Waals surface area contributed by atoms with Gasteiger partial charge in [-0.05, 0) is 50.9 Å². The van der Waals surface area contributed by atoms with E-state index >= 15 is 0 Å². The van der Waals surface area contributed by atoms with Crippen LogP contribution in [0, 0.1) is 76.2 Å². The van der Waals surface area contributed by atoms with Crippen molar-refractivity contribution < 1.29 is 88.0 Å². The SMILES string of the molecule is Cc1cc2c(c(O)c1C)[C@@H]1C3[C@@H]4SC[C@H](NC(=O)CCC(=O)O)C(=O)OC[C@H](c5c6c(c(C)c(O)c54)OCO6)N3[C@@H](C#N)[C@H](C2)N1C.[Ac]. The number of amides is 1. The molecule has 0 saturated carbocycles. The number of hydrogen-bond donors (Lipinski definition) is 4. The van der Waals surface area contributed by atoms with Crippen molar-refractivity contribution in [2.75, 3.05) is 26.2 Å². The van der Waals surface area contributed by atoms with Gasteiger partial charge in [-0.15, -0.1) is 11.8 Å². The average molecular weight is 892 g/mol. The molecule has 1 unspecified atom stereocenters. The van der Waals surface area contributed by atoms with E-state index in [2.05, 4.69) is 27.3 Å². The van der Waals surface area contributed by atoms with Crippen molar-refractivity contribution in [3.05, 3.63) is 45.0 Å². The summed E-state index contributed by atoms with van der Waals surface area (Å²) >= 11 is 1.33. The molecule has 13 nitrogen and oxygen atoms in total. The van der Waals surface area contributed by atoms with E-state index in [1.54, 1.807) is 6.92 Å². The molecule has 0 spiro atoms. The molecule has 15 heteroatoms. The zero-order valence-electron chi connectivity index (χ0n) is 27.0. The van der Waals surface area contributed by atoms with E-state index in [1.165, 1.54) is 11.8 Å². The van der Waals surface area contributed by atoms with Crippen molar-refractivity contribution in [2.24, 2.45) is 0 Å². The molecule has 5 heterocycles. The number of aliphatic carboxylic acids is 1. The molecule has 5 aliphatic rings. The molecule has 2 aromatic rings. The number of thioether (sulfide) groups is 1. The number of aromatic hydroxyl groups is 2. The van der Waals surface area contributed by atoms with Crippen LogP contribution in [-0.2, 0) is 25.5 Å². The number of aryl methyl sites for hydroxylation is 1. The van der Waals surface area contributed by atoms with Crippen molar-refractivity contribution >= 4 is 29.6 Å². The maximum atomic E-state index is 13.5. The number of carbonyl (C=O) groups excluding carboxylic acids is 2. The number of nitrogens with zero attached hydrogens (tertiary/aromatic N) is 3. The number of piperazine rings is 1. The molecule has 2 saturated heterocycles. The number of phenols is 2. The summed E-state index contributed by atoms with van der Waals surface area (Å²) in [5, 5.41) is 45.5. The van der Waals surface area contributed by atoms with Crippen molar-refractivity contribution in [3.8, 4) is 29.1 Å². The Morgan fingerprint density at radius 1 is 1.06 bits per heavy atom. The summed E-state index contributed by atoms with van der Waals surface area (Å²) in [6, 6.07) is 0.988. The maximum absolute atomic E-state index is 13.5. The van der Waals surface area contributed by atoms with Crippen LogP contribution in [0.4, 0.5) is 0 Å². The number of phenolic OH excluding ortho intramolecular Hbond substituents is 2. The first-order valence-corrected chi connectivity index (χ1v) is 16.6. The Kier molecular flexibility index (Phi) is 9.64. The van der Waals surface area contributed by atoms with E-state index in [0.717, 1.165) is 22.3 Å². The predicted octanol–water partition coefficient (Wildman–Crippen LogP) is 2.66. The zero-order valence-corrected chi connectivity index (χ0v) is 32.5. The molecule has 4 bridgehead atoms. The number of carboxylic acid groups (broad SMARTS) is 1. The number of hydrogen-bond acceptors (Lipinski definition) is 12. The van der Waals surface area contributed by atoms with Gasteiger partial charge in [0.25, 0.3) is 0 Å². The van der Waals surface area contributed by atoms with E-state index in [4.69, 9.17) is 19.3 Å². The number of fused-ring (bicyclic) bond motifs is 9. The van der Waals surface area contributed by atoms with Gasteiger partial charge in [0.05, 0.1) is 29.8 Å². The van der Waals surface area contributed by atoms with Gasteiger partial charge in [0.15, 0.2) is 11.5 Å². The second-order valence-corrected chi connectivity index (χ2v) is 14.1. The number of nitriles is 1. The minimum atomic E-state index is -1.13. The van der Waals surface area contributed by atoms with E-state index in [-0.39, 0.29) is 93.6 Å². The van der Waals surface area contributed by atoms with Gasteiger partial charge < -0.3 is 34.8 Å². The molecule has 2 fully saturated rings. The number of nitrogens with one attached hydrogen (secondary N) is 1. The van der Waals surface area contributed by atoms with E-state index in [0.29, 0.717) is 34.6 Å². The Hall–Kier alpha value is -2.75. The summed E-state index contributed by atoms with van der Waals surface area (Å²) in [6.45, 7) is 5.31. The van der Waals surface area contributed by atoms with Crippen LogP contribution < -0.4 is 14.8 Å². The fourth-order valence-electron chi connectivity index (χ4n) is 8.16. The number of carbonyl (C=O) groups is 3. The molecular formula is C33H36AcN4O9S. The van der Waals surface area contributed by atoms with Crippen LogP contribution in [-0.4, -0.2) is 93.3 Å². The number of cyclic esters (lactones) is 1. The minimum Gasteiger partial charge on any atom is -0.507 e. The maximum Gasteiger partial charge on any atom is 0.329 e. The summed E-state index contributed by atoms with van der Waals surface area (Å²) in [7, 11) is 1.96. The molecule has 48 heavy (non-hydrogen) atoms. The number of esters is 1. The molecule has 1 amide bonds. The van der Waals surface area contributed by atoms with Crippen LogP contribution in [0.2, 0.25) is 0 Å². The number of rotatable bonds is 4.